The summed E-state index contributed by atoms with van der Waals surface area (Å²) >= 11 is 1.51. The third-order valence-corrected chi connectivity index (χ3v) is 6.86. The van der Waals surface area contributed by atoms with E-state index in [-0.39, 0.29) is 23.8 Å². The Labute approximate surface area is 181 Å². The van der Waals surface area contributed by atoms with Gasteiger partial charge in [-0.1, -0.05) is 35.6 Å². The number of hydrogen-bond donors (Lipinski definition) is 2. The van der Waals surface area contributed by atoms with E-state index in [9.17, 15) is 9.59 Å². The third-order valence-electron chi connectivity index (χ3n) is 6.02. The van der Waals surface area contributed by atoms with E-state index in [1.165, 1.54) is 22.5 Å². The Bertz CT molecular complexity index is 891. The van der Waals surface area contributed by atoms with Gasteiger partial charge in [-0.05, 0) is 50.2 Å². The zero-order valence-electron chi connectivity index (χ0n) is 17.4. The highest BCUT2D eigenvalue weighted by Crippen LogP contribution is 2.25. The second kappa shape index (κ2) is 9.66. The van der Waals surface area contributed by atoms with Gasteiger partial charge in [-0.25, -0.2) is 0 Å². The van der Waals surface area contributed by atoms with Crippen LogP contribution in [0.2, 0.25) is 0 Å². The quantitative estimate of drug-likeness (QED) is 0.738. The summed E-state index contributed by atoms with van der Waals surface area (Å²) in [5, 5.41) is 15.9. The predicted molar refractivity (Wildman–Crippen MR) is 116 cm³/mol. The molecule has 160 valence electrons. The molecule has 1 saturated carbocycles. The Balaban J connectivity index is 1.16. The van der Waals surface area contributed by atoms with E-state index in [1.54, 1.807) is 0 Å². The zero-order chi connectivity index (χ0) is 20.9. The lowest BCUT2D eigenvalue weighted by atomic mass is 9.85. The fraction of sp³-hybridized carbons (Fsp3) is 0.545. The van der Waals surface area contributed by atoms with Crippen molar-refractivity contribution in [2.24, 2.45) is 5.92 Å². The number of amides is 2. The number of aryl methyl sites for hydroxylation is 1. The Kier molecular flexibility index (Phi) is 6.74. The first-order chi connectivity index (χ1) is 14.6. The molecule has 0 bridgehead atoms. The number of aromatic nitrogens is 2. The molecule has 1 aliphatic carbocycles. The highest BCUT2D eigenvalue weighted by atomic mass is 32.1. The van der Waals surface area contributed by atoms with Crippen LogP contribution in [0.25, 0.3) is 0 Å². The van der Waals surface area contributed by atoms with Crippen LogP contribution in [-0.2, 0) is 29.1 Å². The van der Waals surface area contributed by atoms with Gasteiger partial charge in [-0.15, -0.1) is 10.2 Å². The number of benzene rings is 1. The van der Waals surface area contributed by atoms with Crippen molar-refractivity contribution in [2.45, 2.75) is 58.2 Å². The van der Waals surface area contributed by atoms with Crippen LogP contribution in [0, 0.1) is 12.8 Å². The molecule has 2 amide bonds. The standard InChI is InChI=1S/C22H29N5O2S/c1-15-25-26-21(30-15)12-23-22(29)17-6-8-19(9-7-17)24-20(28)14-27-11-10-16-4-2-3-5-18(16)13-27/h2-5,17,19H,6-14H2,1H3,(H,23,29)(H,24,28). The summed E-state index contributed by atoms with van der Waals surface area (Å²) in [6, 6.07) is 8.64. The molecule has 0 unspecified atom stereocenters. The fourth-order valence-corrected chi connectivity index (χ4v) is 5.03. The van der Waals surface area contributed by atoms with Gasteiger partial charge in [0, 0.05) is 25.0 Å². The zero-order valence-corrected chi connectivity index (χ0v) is 18.2. The summed E-state index contributed by atoms with van der Waals surface area (Å²) in [4.78, 5) is 27.2. The summed E-state index contributed by atoms with van der Waals surface area (Å²) in [5.74, 6) is 0.194. The molecular formula is C22H29N5O2S. The van der Waals surface area contributed by atoms with Crippen LogP contribution in [-0.4, -0.2) is 46.0 Å². The van der Waals surface area contributed by atoms with Gasteiger partial charge < -0.3 is 10.6 Å². The Morgan fingerprint density at radius 2 is 1.90 bits per heavy atom. The van der Waals surface area contributed by atoms with Crippen molar-refractivity contribution in [1.82, 2.24) is 25.7 Å². The average Bonchev–Trinajstić information content (AvgIpc) is 3.17. The average molecular weight is 428 g/mol. The van der Waals surface area contributed by atoms with Crippen LogP contribution in [0.1, 0.15) is 46.8 Å². The van der Waals surface area contributed by atoms with Gasteiger partial charge in [0.05, 0.1) is 13.1 Å². The molecule has 30 heavy (non-hydrogen) atoms. The van der Waals surface area contributed by atoms with Gasteiger partial charge in [0.15, 0.2) is 0 Å². The lowest BCUT2D eigenvalue weighted by Crippen LogP contribution is -2.45. The van der Waals surface area contributed by atoms with Crippen molar-refractivity contribution in [3.63, 3.8) is 0 Å². The van der Waals surface area contributed by atoms with Gasteiger partial charge in [0.2, 0.25) is 11.8 Å². The van der Waals surface area contributed by atoms with Crippen molar-refractivity contribution >= 4 is 23.2 Å². The van der Waals surface area contributed by atoms with E-state index in [1.807, 2.05) is 6.92 Å². The Morgan fingerprint density at radius 1 is 1.13 bits per heavy atom. The molecule has 0 saturated heterocycles. The molecule has 7 nitrogen and oxygen atoms in total. The first kappa shape index (κ1) is 20.9. The molecule has 0 atom stereocenters. The number of rotatable bonds is 6. The van der Waals surface area contributed by atoms with Crippen molar-refractivity contribution in [3.05, 3.63) is 45.4 Å². The molecule has 1 fully saturated rings. The molecule has 2 heterocycles. The minimum absolute atomic E-state index is 0.0192. The lowest BCUT2D eigenvalue weighted by molar-refractivity contribution is -0.126. The summed E-state index contributed by atoms with van der Waals surface area (Å²) in [5.41, 5.74) is 2.72. The minimum Gasteiger partial charge on any atom is -0.352 e. The normalized spacial score (nSPS) is 21.6. The van der Waals surface area contributed by atoms with Gasteiger partial charge in [0.25, 0.3) is 0 Å². The third kappa shape index (κ3) is 5.43. The number of carbonyl (C=O) groups excluding carboxylic acids is 2. The Hall–Kier alpha value is -2.32. The molecule has 1 aliphatic heterocycles. The maximum absolute atomic E-state index is 12.5. The largest absolute Gasteiger partial charge is 0.352 e. The van der Waals surface area contributed by atoms with Crippen LogP contribution in [0.5, 0.6) is 0 Å². The summed E-state index contributed by atoms with van der Waals surface area (Å²) in [6.07, 6.45) is 4.32. The van der Waals surface area contributed by atoms with Crippen LogP contribution in [0.15, 0.2) is 24.3 Å². The Morgan fingerprint density at radius 3 is 2.63 bits per heavy atom. The van der Waals surface area contributed by atoms with Gasteiger partial charge >= 0.3 is 0 Å². The predicted octanol–water partition coefficient (Wildman–Crippen LogP) is 2.20. The van der Waals surface area contributed by atoms with Gasteiger partial charge in [-0.2, -0.15) is 0 Å². The number of hydrogen-bond acceptors (Lipinski definition) is 6. The van der Waals surface area contributed by atoms with E-state index in [0.29, 0.717) is 13.1 Å². The molecule has 0 spiro atoms. The molecule has 2 aromatic rings. The number of fused-ring (bicyclic) bond motifs is 1. The van der Waals surface area contributed by atoms with E-state index in [0.717, 1.165) is 55.2 Å². The molecule has 0 radical (unpaired) electrons. The molecule has 4 rings (SSSR count). The van der Waals surface area contributed by atoms with Gasteiger partial charge in [-0.3, -0.25) is 14.5 Å². The van der Waals surface area contributed by atoms with Crippen molar-refractivity contribution < 1.29 is 9.59 Å². The van der Waals surface area contributed by atoms with Crippen LogP contribution < -0.4 is 10.6 Å². The maximum atomic E-state index is 12.5. The summed E-state index contributed by atoms with van der Waals surface area (Å²) < 4.78 is 0. The van der Waals surface area contributed by atoms with Crippen molar-refractivity contribution in [1.29, 1.82) is 0 Å². The summed E-state index contributed by atoms with van der Waals surface area (Å²) in [7, 11) is 0. The molecule has 2 aliphatic rings. The topological polar surface area (TPSA) is 87.2 Å². The number of carbonyl (C=O) groups is 2. The lowest BCUT2D eigenvalue weighted by Gasteiger charge is -2.31. The molecule has 1 aromatic carbocycles. The molecular weight excluding hydrogens is 398 g/mol. The number of nitrogens with zero attached hydrogens (tertiary/aromatic N) is 3. The second-order valence-electron chi connectivity index (χ2n) is 8.28. The molecule has 2 N–H and O–H groups in total. The monoisotopic (exact) mass is 427 g/mol. The fourth-order valence-electron chi connectivity index (χ4n) is 4.38. The highest BCUT2D eigenvalue weighted by Gasteiger charge is 2.27. The second-order valence-corrected chi connectivity index (χ2v) is 9.54. The maximum Gasteiger partial charge on any atom is 0.234 e. The van der Waals surface area contributed by atoms with Crippen LogP contribution in [0.4, 0.5) is 0 Å². The van der Waals surface area contributed by atoms with Gasteiger partial charge in [0.1, 0.15) is 10.0 Å². The molecule has 8 heteroatoms. The van der Waals surface area contributed by atoms with Crippen LogP contribution in [0.3, 0.4) is 0 Å². The van der Waals surface area contributed by atoms with Crippen LogP contribution >= 0.6 is 11.3 Å². The summed E-state index contributed by atoms with van der Waals surface area (Å²) in [6.45, 7) is 4.55. The van der Waals surface area contributed by atoms with E-state index in [4.69, 9.17) is 0 Å². The van der Waals surface area contributed by atoms with Crippen molar-refractivity contribution in [2.75, 3.05) is 13.1 Å². The van der Waals surface area contributed by atoms with E-state index in [2.05, 4.69) is 50.0 Å². The first-order valence-electron chi connectivity index (χ1n) is 10.7. The van der Waals surface area contributed by atoms with E-state index >= 15 is 0 Å². The molecule has 1 aromatic heterocycles. The van der Waals surface area contributed by atoms with Crippen molar-refractivity contribution in [3.8, 4) is 0 Å². The smallest absolute Gasteiger partial charge is 0.234 e. The van der Waals surface area contributed by atoms with E-state index < -0.39 is 0 Å². The minimum atomic E-state index is 0.0192. The number of nitrogens with one attached hydrogen (secondary N) is 2. The SMILES string of the molecule is Cc1nnc(CNC(=O)C2CCC(NC(=O)CN3CCc4ccccc4C3)CC2)s1. The highest BCUT2D eigenvalue weighted by molar-refractivity contribution is 7.11. The first-order valence-corrected chi connectivity index (χ1v) is 11.5.